The zero-order valence-corrected chi connectivity index (χ0v) is 25.5. The topological polar surface area (TPSA) is 84.7 Å². The Labute approximate surface area is 269 Å². The van der Waals surface area contributed by atoms with E-state index in [2.05, 4.69) is 5.32 Å². The molecule has 0 heterocycles. The van der Waals surface area contributed by atoms with E-state index in [1.54, 1.807) is 17.0 Å². The number of carbonyl (C=O) groups excluding carboxylic acids is 2. The van der Waals surface area contributed by atoms with Gasteiger partial charge in [-0.2, -0.15) is 0 Å². The third-order valence-corrected chi connectivity index (χ3v) is 7.21. The maximum absolute atomic E-state index is 14.0. The highest BCUT2D eigenvalue weighted by atomic mass is 35.5. The quantitative estimate of drug-likeness (QED) is 0.138. The Morgan fingerprint density at radius 2 is 1.44 bits per heavy atom. The first-order valence-electron chi connectivity index (χ1n) is 14.6. The van der Waals surface area contributed by atoms with E-state index in [0.29, 0.717) is 55.2 Å². The molecule has 0 unspecified atom stereocenters. The van der Waals surface area contributed by atoms with Gasteiger partial charge in [0.15, 0.2) is 5.75 Å². The van der Waals surface area contributed by atoms with E-state index >= 15 is 0 Å². The SMILES string of the molecule is Cl.NCc1cccc(Oc2ccccc2N(CCCCNC(=O)c2ccccc2F)C(=O)c2ccc(-c3ccccc3)cc2)c1. The molecule has 6 nitrogen and oxygen atoms in total. The van der Waals surface area contributed by atoms with Crippen LogP contribution in [-0.2, 0) is 6.54 Å². The first-order valence-corrected chi connectivity index (χ1v) is 14.6. The molecule has 0 spiro atoms. The summed E-state index contributed by atoms with van der Waals surface area (Å²) in [7, 11) is 0. The van der Waals surface area contributed by atoms with Crippen molar-refractivity contribution in [3.8, 4) is 22.6 Å². The minimum atomic E-state index is -0.561. The second kappa shape index (κ2) is 16.2. The van der Waals surface area contributed by atoms with Crippen LogP contribution in [-0.4, -0.2) is 24.9 Å². The molecule has 0 aliphatic heterocycles. The number of ether oxygens (including phenoxy) is 1. The molecule has 5 aromatic carbocycles. The Bertz CT molecular complexity index is 1710. The van der Waals surface area contributed by atoms with Gasteiger partial charge in [0.2, 0.25) is 0 Å². The smallest absolute Gasteiger partial charge is 0.258 e. The third kappa shape index (κ3) is 8.56. The number of amides is 2. The Balaban J connectivity index is 0.00000461. The van der Waals surface area contributed by atoms with E-state index in [4.69, 9.17) is 10.5 Å². The fourth-order valence-corrected chi connectivity index (χ4v) is 4.89. The van der Waals surface area contributed by atoms with Crippen molar-refractivity contribution in [3.63, 3.8) is 0 Å². The van der Waals surface area contributed by atoms with Gasteiger partial charge in [-0.15, -0.1) is 12.4 Å². The van der Waals surface area contributed by atoms with Crippen molar-refractivity contribution in [2.24, 2.45) is 5.73 Å². The number of anilines is 1. The van der Waals surface area contributed by atoms with Crippen LogP contribution in [0.5, 0.6) is 11.5 Å². The normalized spacial score (nSPS) is 10.4. The number of nitrogens with one attached hydrogen (secondary N) is 1. The van der Waals surface area contributed by atoms with Gasteiger partial charge >= 0.3 is 0 Å². The predicted molar refractivity (Wildman–Crippen MR) is 180 cm³/mol. The van der Waals surface area contributed by atoms with Crippen LogP contribution in [0.2, 0.25) is 0 Å². The summed E-state index contributed by atoms with van der Waals surface area (Å²) in [6.45, 7) is 1.10. The molecule has 0 saturated heterocycles. The molecule has 2 amide bonds. The monoisotopic (exact) mass is 623 g/mol. The fraction of sp³-hybridized carbons (Fsp3) is 0.135. The summed E-state index contributed by atoms with van der Waals surface area (Å²) in [5, 5.41) is 2.77. The van der Waals surface area contributed by atoms with Gasteiger partial charge in [0.1, 0.15) is 11.6 Å². The zero-order chi connectivity index (χ0) is 30.7. The number of nitrogens with two attached hydrogens (primary N) is 1. The Morgan fingerprint density at radius 1 is 0.756 bits per heavy atom. The van der Waals surface area contributed by atoms with Crippen molar-refractivity contribution < 1.29 is 18.7 Å². The lowest BCUT2D eigenvalue weighted by Gasteiger charge is -2.25. The van der Waals surface area contributed by atoms with E-state index in [0.717, 1.165) is 16.7 Å². The van der Waals surface area contributed by atoms with Gasteiger partial charge in [-0.3, -0.25) is 9.59 Å². The number of hydrogen-bond acceptors (Lipinski definition) is 4. The van der Waals surface area contributed by atoms with E-state index in [1.807, 2.05) is 103 Å². The highest BCUT2D eigenvalue weighted by molar-refractivity contribution is 6.07. The zero-order valence-electron chi connectivity index (χ0n) is 24.7. The van der Waals surface area contributed by atoms with Gasteiger partial charge in [0.05, 0.1) is 11.3 Å². The first-order chi connectivity index (χ1) is 21.5. The first kappa shape index (κ1) is 32.9. The fourth-order valence-electron chi connectivity index (χ4n) is 4.89. The van der Waals surface area contributed by atoms with Gasteiger partial charge in [0, 0.05) is 25.2 Å². The van der Waals surface area contributed by atoms with Gasteiger partial charge in [0.25, 0.3) is 11.8 Å². The molecule has 0 saturated carbocycles. The largest absolute Gasteiger partial charge is 0.455 e. The molecular formula is C37H35ClFN3O3. The second-order valence-corrected chi connectivity index (χ2v) is 10.3. The number of halogens is 2. The maximum atomic E-state index is 14.0. The molecule has 45 heavy (non-hydrogen) atoms. The number of benzene rings is 5. The van der Waals surface area contributed by atoms with Crippen molar-refractivity contribution in [1.82, 2.24) is 5.32 Å². The molecule has 8 heteroatoms. The van der Waals surface area contributed by atoms with Crippen LogP contribution >= 0.6 is 12.4 Å². The van der Waals surface area contributed by atoms with Crippen LogP contribution in [0, 0.1) is 5.82 Å². The highest BCUT2D eigenvalue weighted by Crippen LogP contribution is 2.34. The number of unbranched alkanes of at least 4 members (excludes halogenated alkanes) is 1. The van der Waals surface area contributed by atoms with Gasteiger partial charge in [-0.1, -0.05) is 78.9 Å². The minimum absolute atomic E-state index is 0. The van der Waals surface area contributed by atoms with Crippen molar-refractivity contribution >= 4 is 29.9 Å². The van der Waals surface area contributed by atoms with Gasteiger partial charge in [-0.05, 0) is 78.1 Å². The number of para-hydroxylation sites is 2. The van der Waals surface area contributed by atoms with Crippen molar-refractivity contribution in [2.45, 2.75) is 19.4 Å². The van der Waals surface area contributed by atoms with Gasteiger partial charge < -0.3 is 20.7 Å². The van der Waals surface area contributed by atoms with E-state index < -0.39 is 11.7 Å². The number of hydrogen-bond donors (Lipinski definition) is 2. The average Bonchev–Trinajstić information content (AvgIpc) is 3.07. The lowest BCUT2D eigenvalue weighted by molar-refractivity contribution is 0.0945. The Morgan fingerprint density at radius 3 is 2.20 bits per heavy atom. The molecule has 0 aliphatic carbocycles. The molecule has 230 valence electrons. The van der Waals surface area contributed by atoms with Crippen LogP contribution in [0.1, 0.15) is 39.1 Å². The van der Waals surface area contributed by atoms with Crippen molar-refractivity contribution in [3.05, 3.63) is 150 Å². The number of rotatable bonds is 12. The van der Waals surface area contributed by atoms with E-state index in [-0.39, 0.29) is 23.9 Å². The minimum Gasteiger partial charge on any atom is -0.455 e. The van der Waals surface area contributed by atoms with Crippen LogP contribution in [0.15, 0.2) is 127 Å². The number of carbonyl (C=O) groups is 2. The third-order valence-electron chi connectivity index (χ3n) is 7.21. The predicted octanol–water partition coefficient (Wildman–Crippen LogP) is 8.02. The summed E-state index contributed by atoms with van der Waals surface area (Å²) in [5.74, 6) is -0.0481. The Hall–Kier alpha value is -4.98. The molecule has 5 aromatic rings. The van der Waals surface area contributed by atoms with Crippen molar-refractivity contribution in [2.75, 3.05) is 18.0 Å². The molecule has 0 aliphatic rings. The summed E-state index contributed by atoms with van der Waals surface area (Å²) in [5.41, 5.74) is 10.0. The second-order valence-electron chi connectivity index (χ2n) is 10.3. The summed E-state index contributed by atoms with van der Waals surface area (Å²) >= 11 is 0. The molecule has 0 radical (unpaired) electrons. The summed E-state index contributed by atoms with van der Waals surface area (Å²) in [6, 6.07) is 38.4. The summed E-state index contributed by atoms with van der Waals surface area (Å²) in [6.07, 6.45) is 1.17. The Kier molecular flexibility index (Phi) is 11.8. The molecular weight excluding hydrogens is 589 g/mol. The molecule has 0 atom stereocenters. The number of nitrogens with zero attached hydrogens (tertiary/aromatic N) is 1. The highest BCUT2D eigenvalue weighted by Gasteiger charge is 2.21. The summed E-state index contributed by atoms with van der Waals surface area (Å²) in [4.78, 5) is 28.2. The van der Waals surface area contributed by atoms with Gasteiger partial charge in [-0.25, -0.2) is 4.39 Å². The van der Waals surface area contributed by atoms with E-state index in [9.17, 15) is 14.0 Å². The molecule has 0 aromatic heterocycles. The lowest BCUT2D eigenvalue weighted by Crippen LogP contribution is -2.33. The van der Waals surface area contributed by atoms with E-state index in [1.165, 1.54) is 12.1 Å². The van der Waals surface area contributed by atoms with Crippen LogP contribution < -0.4 is 20.7 Å². The standard InChI is InChI=1S/C37H34FN3O3.ClH/c38-33-16-5-4-15-32(33)36(42)40-23-8-9-24-41(37(43)30-21-19-29(20-22-30)28-12-2-1-3-13-28)34-17-6-7-18-35(34)44-31-14-10-11-27(25-31)26-39;/h1-7,10-22,25H,8-9,23-24,26,39H2,(H,40,42);1H. The van der Waals surface area contributed by atoms with Crippen molar-refractivity contribution in [1.29, 1.82) is 0 Å². The molecule has 3 N–H and O–H groups in total. The van der Waals surface area contributed by atoms with Crippen LogP contribution in [0.25, 0.3) is 11.1 Å². The molecule has 5 rings (SSSR count). The average molecular weight is 624 g/mol. The molecule has 0 fully saturated rings. The lowest BCUT2D eigenvalue weighted by atomic mass is 10.0. The van der Waals surface area contributed by atoms with Crippen LogP contribution in [0.4, 0.5) is 10.1 Å². The summed E-state index contributed by atoms with van der Waals surface area (Å²) < 4.78 is 20.3. The maximum Gasteiger partial charge on any atom is 0.258 e. The van der Waals surface area contributed by atoms with Crippen LogP contribution in [0.3, 0.4) is 0 Å². The molecule has 0 bridgehead atoms.